The summed E-state index contributed by atoms with van der Waals surface area (Å²) < 4.78 is 5.54. The van der Waals surface area contributed by atoms with Gasteiger partial charge in [0.2, 0.25) is 11.8 Å². The minimum Gasteiger partial charge on any atom is -0.379 e. The molecule has 3 aliphatic rings. The lowest BCUT2D eigenvalue weighted by Crippen LogP contribution is -2.71. The zero-order chi connectivity index (χ0) is 14.2. The van der Waals surface area contributed by atoms with Crippen LogP contribution in [0.5, 0.6) is 0 Å². The van der Waals surface area contributed by atoms with Crippen molar-refractivity contribution in [3.63, 3.8) is 0 Å². The van der Waals surface area contributed by atoms with Gasteiger partial charge in [0.15, 0.2) is 0 Å². The van der Waals surface area contributed by atoms with Crippen molar-refractivity contribution in [2.45, 2.75) is 69.5 Å². The van der Waals surface area contributed by atoms with E-state index in [1.165, 1.54) is 0 Å². The Morgan fingerprint density at radius 3 is 2.65 bits per heavy atom. The molecule has 2 saturated heterocycles. The summed E-state index contributed by atoms with van der Waals surface area (Å²) in [6.07, 6.45) is 6.22. The third-order valence-corrected chi connectivity index (χ3v) is 5.02. The second-order valence-electron chi connectivity index (χ2n) is 6.29. The fraction of sp³-hybridized carbons (Fsp3) is 0.867. The summed E-state index contributed by atoms with van der Waals surface area (Å²) in [5.74, 6) is 0.163. The first kappa shape index (κ1) is 13.9. The molecule has 2 aliphatic heterocycles. The van der Waals surface area contributed by atoms with Crippen LogP contribution in [-0.2, 0) is 14.3 Å². The molecule has 1 saturated carbocycles. The van der Waals surface area contributed by atoms with Crippen molar-refractivity contribution in [1.29, 1.82) is 0 Å². The van der Waals surface area contributed by atoms with Crippen LogP contribution >= 0.6 is 0 Å². The molecule has 20 heavy (non-hydrogen) atoms. The summed E-state index contributed by atoms with van der Waals surface area (Å²) in [5, 5.41) is 3.04. The number of nitrogens with zero attached hydrogens (tertiary/aromatic N) is 1. The third-order valence-electron chi connectivity index (χ3n) is 5.02. The molecule has 0 aromatic rings. The van der Waals surface area contributed by atoms with Gasteiger partial charge in [0, 0.05) is 6.61 Å². The van der Waals surface area contributed by atoms with Crippen LogP contribution in [-0.4, -0.2) is 47.6 Å². The number of ether oxygens (including phenoxy) is 1. The Kier molecular flexibility index (Phi) is 3.71. The lowest BCUT2D eigenvalue weighted by molar-refractivity contribution is -0.161. The second kappa shape index (κ2) is 5.35. The van der Waals surface area contributed by atoms with Crippen LogP contribution in [0.15, 0.2) is 0 Å². The molecular weight excluding hydrogens is 256 g/mol. The maximum atomic E-state index is 13.0. The molecule has 3 fully saturated rings. The molecule has 112 valence electrons. The molecule has 1 aliphatic carbocycles. The van der Waals surface area contributed by atoms with Crippen molar-refractivity contribution in [3.8, 4) is 0 Å². The minimum atomic E-state index is -0.611. The van der Waals surface area contributed by atoms with E-state index in [2.05, 4.69) is 5.32 Å². The topological polar surface area (TPSA) is 58.6 Å². The minimum absolute atomic E-state index is 0.0274. The van der Waals surface area contributed by atoms with E-state index in [-0.39, 0.29) is 23.9 Å². The number of carbonyl (C=O) groups is 2. The number of carbonyl (C=O) groups excluding carboxylic acids is 2. The summed E-state index contributed by atoms with van der Waals surface area (Å²) in [7, 11) is 0. The van der Waals surface area contributed by atoms with Crippen LogP contribution in [0.1, 0.15) is 51.9 Å². The summed E-state index contributed by atoms with van der Waals surface area (Å²) in [6.45, 7) is 3.32. The van der Waals surface area contributed by atoms with Gasteiger partial charge in [0.05, 0.1) is 12.6 Å². The Labute approximate surface area is 120 Å². The Hall–Kier alpha value is -1.10. The van der Waals surface area contributed by atoms with Crippen LogP contribution in [0.2, 0.25) is 0 Å². The van der Waals surface area contributed by atoms with E-state index in [0.29, 0.717) is 13.0 Å². The van der Waals surface area contributed by atoms with Gasteiger partial charge in [0.25, 0.3) is 0 Å². The zero-order valence-electron chi connectivity index (χ0n) is 12.2. The van der Waals surface area contributed by atoms with Crippen LogP contribution in [0.25, 0.3) is 0 Å². The van der Waals surface area contributed by atoms with Crippen molar-refractivity contribution in [3.05, 3.63) is 0 Å². The standard InChI is InChI=1S/C15H24N2O3/c1-2-12-13(18)16-15(7-3-4-8-15)14(19)17(12)11-6-5-9-20-10-11/h11-12H,2-10H2,1H3,(H,16,18). The van der Waals surface area contributed by atoms with E-state index >= 15 is 0 Å². The van der Waals surface area contributed by atoms with Gasteiger partial charge in [-0.1, -0.05) is 19.8 Å². The van der Waals surface area contributed by atoms with Crippen LogP contribution in [0.3, 0.4) is 0 Å². The summed E-state index contributed by atoms with van der Waals surface area (Å²) in [5.41, 5.74) is -0.611. The first-order valence-electron chi connectivity index (χ1n) is 7.90. The first-order valence-corrected chi connectivity index (χ1v) is 7.90. The Balaban J connectivity index is 1.89. The highest BCUT2D eigenvalue weighted by Gasteiger charge is 2.53. The number of nitrogens with one attached hydrogen (secondary N) is 1. The predicted molar refractivity (Wildman–Crippen MR) is 74.1 cm³/mol. The summed E-state index contributed by atoms with van der Waals surface area (Å²) in [6, 6.07) is -0.245. The molecule has 0 aromatic heterocycles. The van der Waals surface area contributed by atoms with Crippen LogP contribution in [0.4, 0.5) is 0 Å². The Bertz CT molecular complexity index is 398. The van der Waals surface area contributed by atoms with Crippen molar-refractivity contribution in [1.82, 2.24) is 10.2 Å². The number of hydrogen-bond acceptors (Lipinski definition) is 3. The average molecular weight is 280 g/mol. The number of rotatable bonds is 2. The molecule has 2 atom stereocenters. The normalized spacial score (nSPS) is 33.5. The highest BCUT2D eigenvalue weighted by molar-refractivity contribution is 6.00. The van der Waals surface area contributed by atoms with Gasteiger partial charge in [-0.2, -0.15) is 0 Å². The average Bonchev–Trinajstić information content (AvgIpc) is 2.93. The first-order chi connectivity index (χ1) is 9.68. The molecule has 0 aromatic carbocycles. The maximum Gasteiger partial charge on any atom is 0.249 e. The number of hydrogen-bond donors (Lipinski definition) is 1. The fourth-order valence-corrected chi connectivity index (χ4v) is 3.95. The molecular formula is C15H24N2O3. The third kappa shape index (κ3) is 2.12. The molecule has 1 N–H and O–H groups in total. The lowest BCUT2D eigenvalue weighted by atomic mass is 9.88. The van der Waals surface area contributed by atoms with Crippen molar-refractivity contribution in [2.75, 3.05) is 13.2 Å². The monoisotopic (exact) mass is 280 g/mol. The predicted octanol–water partition coefficient (Wildman–Crippen LogP) is 1.22. The van der Waals surface area contributed by atoms with Gasteiger partial charge in [0.1, 0.15) is 11.6 Å². The van der Waals surface area contributed by atoms with Crippen molar-refractivity contribution in [2.24, 2.45) is 0 Å². The molecule has 5 heteroatoms. The Morgan fingerprint density at radius 2 is 2.05 bits per heavy atom. The molecule has 0 radical (unpaired) electrons. The second-order valence-corrected chi connectivity index (χ2v) is 6.29. The maximum absolute atomic E-state index is 13.0. The molecule has 1 spiro atoms. The highest BCUT2D eigenvalue weighted by atomic mass is 16.5. The lowest BCUT2D eigenvalue weighted by Gasteiger charge is -2.48. The number of amides is 2. The van der Waals surface area contributed by atoms with Gasteiger partial charge in [-0.25, -0.2) is 0 Å². The molecule has 2 amide bonds. The number of piperazine rings is 1. The van der Waals surface area contributed by atoms with E-state index in [9.17, 15) is 9.59 Å². The molecule has 5 nitrogen and oxygen atoms in total. The van der Waals surface area contributed by atoms with E-state index in [0.717, 1.165) is 45.1 Å². The molecule has 0 bridgehead atoms. The van der Waals surface area contributed by atoms with Crippen molar-refractivity contribution >= 4 is 11.8 Å². The van der Waals surface area contributed by atoms with E-state index in [4.69, 9.17) is 4.74 Å². The van der Waals surface area contributed by atoms with Gasteiger partial charge in [-0.05, 0) is 32.1 Å². The van der Waals surface area contributed by atoms with E-state index in [1.807, 2.05) is 11.8 Å². The van der Waals surface area contributed by atoms with Gasteiger partial charge >= 0.3 is 0 Å². The molecule has 2 heterocycles. The smallest absolute Gasteiger partial charge is 0.249 e. The summed E-state index contributed by atoms with van der Waals surface area (Å²) in [4.78, 5) is 27.3. The SMILES string of the molecule is CCC1C(=O)NC2(CCCC2)C(=O)N1C1CCCOC1. The van der Waals surface area contributed by atoms with Crippen LogP contribution in [0, 0.1) is 0 Å². The zero-order valence-corrected chi connectivity index (χ0v) is 12.2. The quantitative estimate of drug-likeness (QED) is 0.827. The Morgan fingerprint density at radius 1 is 1.30 bits per heavy atom. The van der Waals surface area contributed by atoms with Crippen molar-refractivity contribution < 1.29 is 14.3 Å². The molecule has 2 unspecified atom stereocenters. The van der Waals surface area contributed by atoms with Gasteiger partial charge in [-0.3, -0.25) is 9.59 Å². The largest absolute Gasteiger partial charge is 0.379 e. The summed E-state index contributed by atoms with van der Waals surface area (Å²) >= 11 is 0. The molecule has 3 rings (SSSR count). The van der Waals surface area contributed by atoms with Gasteiger partial charge < -0.3 is 15.0 Å². The van der Waals surface area contributed by atoms with E-state index in [1.54, 1.807) is 0 Å². The van der Waals surface area contributed by atoms with E-state index < -0.39 is 5.54 Å². The fourth-order valence-electron chi connectivity index (χ4n) is 3.95. The van der Waals surface area contributed by atoms with Crippen LogP contribution < -0.4 is 5.32 Å². The highest BCUT2D eigenvalue weighted by Crippen LogP contribution is 2.36. The van der Waals surface area contributed by atoms with Gasteiger partial charge in [-0.15, -0.1) is 0 Å².